The Bertz CT molecular complexity index is 548. The molecule has 0 radical (unpaired) electrons. The highest BCUT2D eigenvalue weighted by Gasteiger charge is 2.27. The zero-order valence-corrected chi connectivity index (χ0v) is 13.0. The largest absolute Gasteiger partial charge is 0.481 e. The SMILES string of the molecule is O=C(Cc1ccc(Cl)cc1Cl)NC1CCCC(C(=O)O)C1. The van der Waals surface area contributed by atoms with E-state index in [1.54, 1.807) is 18.2 Å². The number of rotatable bonds is 4. The lowest BCUT2D eigenvalue weighted by atomic mass is 9.85. The highest BCUT2D eigenvalue weighted by atomic mass is 35.5. The van der Waals surface area contributed by atoms with E-state index in [-0.39, 0.29) is 24.3 Å². The third-order valence-electron chi connectivity index (χ3n) is 3.75. The maximum Gasteiger partial charge on any atom is 0.306 e. The van der Waals surface area contributed by atoms with Crippen molar-refractivity contribution in [3.63, 3.8) is 0 Å². The van der Waals surface area contributed by atoms with Crippen molar-refractivity contribution in [2.45, 2.75) is 38.1 Å². The summed E-state index contributed by atoms with van der Waals surface area (Å²) >= 11 is 11.9. The third-order valence-corrected chi connectivity index (χ3v) is 4.34. The van der Waals surface area contributed by atoms with Crippen LogP contribution in [0.15, 0.2) is 18.2 Å². The number of amides is 1. The Hall–Kier alpha value is -1.26. The van der Waals surface area contributed by atoms with E-state index >= 15 is 0 Å². The van der Waals surface area contributed by atoms with Crippen LogP contribution >= 0.6 is 23.2 Å². The summed E-state index contributed by atoms with van der Waals surface area (Å²) in [6, 6.07) is 4.95. The summed E-state index contributed by atoms with van der Waals surface area (Å²) in [7, 11) is 0. The maximum absolute atomic E-state index is 12.0. The summed E-state index contributed by atoms with van der Waals surface area (Å²) in [5.74, 6) is -1.28. The Balaban J connectivity index is 1.91. The number of nitrogens with one attached hydrogen (secondary N) is 1. The summed E-state index contributed by atoms with van der Waals surface area (Å²) in [6.45, 7) is 0. The van der Waals surface area contributed by atoms with Gasteiger partial charge in [0.05, 0.1) is 12.3 Å². The average Bonchev–Trinajstić information content (AvgIpc) is 2.42. The van der Waals surface area contributed by atoms with Crippen molar-refractivity contribution >= 4 is 35.1 Å². The highest BCUT2D eigenvalue weighted by molar-refractivity contribution is 6.35. The zero-order valence-electron chi connectivity index (χ0n) is 11.4. The lowest BCUT2D eigenvalue weighted by Gasteiger charge is -2.27. The van der Waals surface area contributed by atoms with Gasteiger partial charge in [-0.05, 0) is 37.0 Å². The van der Waals surface area contributed by atoms with Gasteiger partial charge in [0.1, 0.15) is 0 Å². The van der Waals surface area contributed by atoms with Crippen LogP contribution < -0.4 is 5.32 Å². The van der Waals surface area contributed by atoms with Gasteiger partial charge in [-0.3, -0.25) is 9.59 Å². The minimum atomic E-state index is -0.783. The van der Waals surface area contributed by atoms with Crippen LogP contribution in [-0.2, 0) is 16.0 Å². The fourth-order valence-corrected chi connectivity index (χ4v) is 3.14. The number of aliphatic carboxylic acids is 1. The van der Waals surface area contributed by atoms with E-state index in [1.165, 1.54) is 0 Å². The van der Waals surface area contributed by atoms with Crippen molar-refractivity contribution in [3.05, 3.63) is 33.8 Å². The first kappa shape index (κ1) is 16.1. The Morgan fingerprint density at radius 2 is 2.05 bits per heavy atom. The van der Waals surface area contributed by atoms with Gasteiger partial charge in [-0.15, -0.1) is 0 Å². The molecule has 21 heavy (non-hydrogen) atoms. The van der Waals surface area contributed by atoms with Gasteiger partial charge in [0.2, 0.25) is 5.91 Å². The molecule has 2 rings (SSSR count). The molecule has 1 amide bonds. The summed E-state index contributed by atoms with van der Waals surface area (Å²) in [5, 5.41) is 12.9. The summed E-state index contributed by atoms with van der Waals surface area (Å²) in [5.41, 5.74) is 0.712. The van der Waals surface area contributed by atoms with Crippen LogP contribution in [0, 0.1) is 5.92 Å². The first-order chi connectivity index (χ1) is 9.95. The molecule has 1 saturated carbocycles. The number of carboxylic acid groups (broad SMARTS) is 1. The van der Waals surface area contributed by atoms with Crippen LogP contribution in [0.3, 0.4) is 0 Å². The lowest BCUT2D eigenvalue weighted by molar-refractivity contribution is -0.143. The fourth-order valence-electron chi connectivity index (χ4n) is 2.66. The van der Waals surface area contributed by atoms with Gasteiger partial charge in [0.15, 0.2) is 0 Å². The number of carbonyl (C=O) groups is 2. The van der Waals surface area contributed by atoms with E-state index in [0.717, 1.165) is 12.8 Å². The van der Waals surface area contributed by atoms with Gasteiger partial charge in [-0.1, -0.05) is 35.7 Å². The topological polar surface area (TPSA) is 66.4 Å². The quantitative estimate of drug-likeness (QED) is 0.890. The fraction of sp³-hybridized carbons (Fsp3) is 0.467. The second-order valence-corrected chi connectivity index (χ2v) is 6.22. The molecule has 0 saturated heterocycles. The predicted molar refractivity (Wildman–Crippen MR) is 81.7 cm³/mol. The average molecular weight is 330 g/mol. The standard InChI is InChI=1S/C15H17Cl2NO3/c16-11-5-4-9(13(17)8-11)7-14(19)18-12-3-1-2-10(6-12)15(20)21/h4-5,8,10,12H,1-3,6-7H2,(H,18,19)(H,20,21). The van der Waals surface area contributed by atoms with Gasteiger partial charge >= 0.3 is 5.97 Å². The molecule has 1 aliphatic rings. The Labute approximate surface area is 133 Å². The molecule has 114 valence electrons. The van der Waals surface area contributed by atoms with Gasteiger partial charge in [-0.2, -0.15) is 0 Å². The van der Waals surface area contributed by atoms with E-state index < -0.39 is 5.97 Å². The molecule has 0 aromatic heterocycles. The molecule has 2 unspecified atom stereocenters. The van der Waals surface area contributed by atoms with Crippen molar-refractivity contribution in [3.8, 4) is 0 Å². The van der Waals surface area contributed by atoms with E-state index in [0.29, 0.717) is 28.5 Å². The van der Waals surface area contributed by atoms with Crippen LogP contribution in [0.25, 0.3) is 0 Å². The summed E-state index contributed by atoms with van der Waals surface area (Å²) in [6.07, 6.45) is 3.00. The number of carbonyl (C=O) groups excluding carboxylic acids is 1. The predicted octanol–water partition coefficient (Wildman–Crippen LogP) is 3.30. The van der Waals surface area contributed by atoms with Crippen LogP contribution in [0.2, 0.25) is 10.0 Å². The van der Waals surface area contributed by atoms with E-state index in [1.807, 2.05) is 0 Å². The maximum atomic E-state index is 12.0. The third kappa shape index (κ3) is 4.61. The molecule has 6 heteroatoms. The zero-order chi connectivity index (χ0) is 15.4. The van der Waals surface area contributed by atoms with Crippen molar-refractivity contribution in [1.29, 1.82) is 0 Å². The molecule has 1 aromatic carbocycles. The van der Waals surface area contributed by atoms with Crippen LogP contribution in [0.4, 0.5) is 0 Å². The number of benzene rings is 1. The monoisotopic (exact) mass is 329 g/mol. The second-order valence-electron chi connectivity index (χ2n) is 5.38. The number of hydrogen-bond donors (Lipinski definition) is 2. The Kier molecular flexibility index (Phi) is 5.48. The smallest absolute Gasteiger partial charge is 0.306 e. The lowest BCUT2D eigenvalue weighted by Crippen LogP contribution is -2.40. The summed E-state index contributed by atoms with van der Waals surface area (Å²) < 4.78 is 0. The van der Waals surface area contributed by atoms with E-state index in [4.69, 9.17) is 28.3 Å². The van der Waals surface area contributed by atoms with Crippen molar-refractivity contribution in [2.75, 3.05) is 0 Å². The first-order valence-electron chi connectivity index (χ1n) is 6.92. The highest BCUT2D eigenvalue weighted by Crippen LogP contribution is 2.25. The number of hydrogen-bond acceptors (Lipinski definition) is 2. The molecule has 4 nitrogen and oxygen atoms in total. The van der Waals surface area contributed by atoms with Gasteiger partial charge in [0, 0.05) is 16.1 Å². The molecule has 0 aliphatic heterocycles. The molecule has 0 bridgehead atoms. The van der Waals surface area contributed by atoms with Crippen LogP contribution in [0.5, 0.6) is 0 Å². The molecule has 2 N–H and O–H groups in total. The van der Waals surface area contributed by atoms with E-state index in [2.05, 4.69) is 5.32 Å². The van der Waals surface area contributed by atoms with Crippen LogP contribution in [0.1, 0.15) is 31.2 Å². The molecular formula is C15H17Cl2NO3. The van der Waals surface area contributed by atoms with E-state index in [9.17, 15) is 9.59 Å². The Morgan fingerprint density at radius 1 is 1.29 bits per heavy atom. The Morgan fingerprint density at radius 3 is 2.71 bits per heavy atom. The number of carboxylic acids is 1. The van der Waals surface area contributed by atoms with Crippen LogP contribution in [-0.4, -0.2) is 23.0 Å². The van der Waals surface area contributed by atoms with Gasteiger partial charge < -0.3 is 10.4 Å². The molecule has 0 heterocycles. The normalized spacial score (nSPS) is 21.8. The molecule has 1 aliphatic carbocycles. The molecular weight excluding hydrogens is 313 g/mol. The minimum absolute atomic E-state index is 0.0709. The molecule has 0 spiro atoms. The van der Waals surface area contributed by atoms with Crippen molar-refractivity contribution < 1.29 is 14.7 Å². The molecule has 1 aromatic rings. The second kappa shape index (κ2) is 7.14. The molecule has 2 atom stereocenters. The number of halogens is 2. The van der Waals surface area contributed by atoms with Gasteiger partial charge in [0.25, 0.3) is 0 Å². The van der Waals surface area contributed by atoms with Gasteiger partial charge in [-0.25, -0.2) is 0 Å². The van der Waals surface area contributed by atoms with Crippen molar-refractivity contribution in [1.82, 2.24) is 5.32 Å². The first-order valence-corrected chi connectivity index (χ1v) is 7.67. The summed E-state index contributed by atoms with van der Waals surface area (Å²) in [4.78, 5) is 23.1. The van der Waals surface area contributed by atoms with Crippen molar-refractivity contribution in [2.24, 2.45) is 5.92 Å². The minimum Gasteiger partial charge on any atom is -0.481 e. The molecule has 1 fully saturated rings.